The molecule has 20 heavy (non-hydrogen) atoms. The van der Waals surface area contributed by atoms with Crippen LogP contribution in [-0.4, -0.2) is 17.3 Å². The third-order valence-electron chi connectivity index (χ3n) is 5.34. The van der Waals surface area contributed by atoms with Crippen molar-refractivity contribution in [3.63, 3.8) is 0 Å². The van der Waals surface area contributed by atoms with Gasteiger partial charge in [-0.05, 0) is 50.0 Å². The Labute approximate surface area is 122 Å². The lowest BCUT2D eigenvalue weighted by Crippen LogP contribution is -2.50. The zero-order chi connectivity index (χ0) is 14.1. The van der Waals surface area contributed by atoms with E-state index >= 15 is 0 Å². The van der Waals surface area contributed by atoms with Crippen molar-refractivity contribution in [2.24, 2.45) is 5.92 Å². The predicted octanol–water partition coefficient (Wildman–Crippen LogP) is 4.02. The molecule has 1 aliphatic carbocycles. The molecule has 1 saturated heterocycles. The third kappa shape index (κ3) is 2.40. The van der Waals surface area contributed by atoms with E-state index in [-0.39, 0.29) is 5.60 Å². The number of ether oxygens (including phenoxy) is 1. The molecule has 0 radical (unpaired) electrons. The Hall–Kier alpha value is -0.860. The van der Waals surface area contributed by atoms with Crippen molar-refractivity contribution in [1.29, 1.82) is 0 Å². The first kappa shape index (κ1) is 14.1. The van der Waals surface area contributed by atoms with Gasteiger partial charge in [-0.15, -0.1) is 0 Å². The van der Waals surface area contributed by atoms with Gasteiger partial charge in [0.05, 0.1) is 11.2 Å². The minimum absolute atomic E-state index is 0.0966. The highest BCUT2D eigenvalue weighted by Crippen LogP contribution is 2.50. The average Bonchev–Trinajstić information content (AvgIpc) is 2.47. The minimum Gasteiger partial charge on any atom is -0.385 e. The SMILES string of the molecule is CCCC(O)(c1ccccc1)C1CCOC2(CCC2)C1. The number of hydrogen-bond donors (Lipinski definition) is 1. The van der Waals surface area contributed by atoms with E-state index < -0.39 is 5.60 Å². The normalized spacial score (nSPS) is 27.8. The Balaban J connectivity index is 1.86. The van der Waals surface area contributed by atoms with E-state index in [1.807, 2.05) is 18.2 Å². The molecule has 0 amide bonds. The highest BCUT2D eigenvalue weighted by molar-refractivity contribution is 5.24. The van der Waals surface area contributed by atoms with Crippen LogP contribution in [0, 0.1) is 5.92 Å². The molecule has 0 bridgehead atoms. The lowest BCUT2D eigenvalue weighted by atomic mass is 9.65. The van der Waals surface area contributed by atoms with Gasteiger partial charge in [-0.2, -0.15) is 0 Å². The van der Waals surface area contributed by atoms with Crippen LogP contribution in [0.4, 0.5) is 0 Å². The van der Waals surface area contributed by atoms with Gasteiger partial charge in [0, 0.05) is 6.61 Å². The maximum Gasteiger partial charge on any atom is 0.0926 e. The van der Waals surface area contributed by atoms with E-state index in [9.17, 15) is 5.11 Å². The fourth-order valence-corrected chi connectivity index (χ4v) is 4.05. The molecule has 1 aliphatic heterocycles. The molecule has 110 valence electrons. The summed E-state index contributed by atoms with van der Waals surface area (Å²) in [5.74, 6) is 0.332. The summed E-state index contributed by atoms with van der Waals surface area (Å²) in [6, 6.07) is 10.3. The Morgan fingerprint density at radius 3 is 2.65 bits per heavy atom. The van der Waals surface area contributed by atoms with Crippen molar-refractivity contribution >= 4 is 0 Å². The van der Waals surface area contributed by atoms with Crippen molar-refractivity contribution in [3.05, 3.63) is 35.9 Å². The van der Waals surface area contributed by atoms with Crippen molar-refractivity contribution in [1.82, 2.24) is 0 Å². The monoisotopic (exact) mass is 274 g/mol. The van der Waals surface area contributed by atoms with Crippen LogP contribution in [0.2, 0.25) is 0 Å². The van der Waals surface area contributed by atoms with Crippen molar-refractivity contribution in [2.45, 2.75) is 63.1 Å². The second-order valence-corrected chi connectivity index (χ2v) is 6.62. The molecule has 1 heterocycles. The van der Waals surface area contributed by atoms with Gasteiger partial charge in [-0.3, -0.25) is 0 Å². The van der Waals surface area contributed by atoms with Gasteiger partial charge in [0.15, 0.2) is 0 Å². The summed E-state index contributed by atoms with van der Waals surface area (Å²) in [5, 5.41) is 11.4. The van der Waals surface area contributed by atoms with Gasteiger partial charge in [0.25, 0.3) is 0 Å². The summed E-state index contributed by atoms with van der Waals surface area (Å²) in [5.41, 5.74) is 0.505. The number of benzene rings is 1. The zero-order valence-electron chi connectivity index (χ0n) is 12.5. The summed E-state index contributed by atoms with van der Waals surface area (Å²) in [7, 11) is 0. The Morgan fingerprint density at radius 1 is 1.30 bits per heavy atom. The van der Waals surface area contributed by atoms with E-state index in [4.69, 9.17) is 4.74 Å². The molecule has 1 saturated carbocycles. The number of rotatable bonds is 4. The molecule has 2 fully saturated rings. The van der Waals surface area contributed by atoms with Gasteiger partial charge in [-0.1, -0.05) is 43.7 Å². The summed E-state index contributed by atoms with van der Waals surface area (Å²) < 4.78 is 6.03. The first-order chi connectivity index (χ1) is 9.69. The Bertz CT molecular complexity index is 438. The van der Waals surface area contributed by atoms with E-state index in [1.165, 1.54) is 19.3 Å². The van der Waals surface area contributed by atoms with Crippen molar-refractivity contribution in [2.75, 3.05) is 6.61 Å². The minimum atomic E-state index is -0.678. The van der Waals surface area contributed by atoms with Crippen LogP contribution in [0.3, 0.4) is 0 Å². The van der Waals surface area contributed by atoms with Gasteiger partial charge in [-0.25, -0.2) is 0 Å². The predicted molar refractivity (Wildman–Crippen MR) is 80.5 cm³/mol. The standard InChI is InChI=1S/C18H26O2/c1-2-10-18(19,15-7-4-3-5-8-15)16-9-13-20-17(14-16)11-6-12-17/h3-5,7-8,16,19H,2,6,9-14H2,1H3. The molecule has 1 aromatic carbocycles. The lowest BCUT2D eigenvalue weighted by molar-refractivity contribution is -0.179. The fraction of sp³-hybridized carbons (Fsp3) is 0.667. The molecule has 0 aromatic heterocycles. The maximum atomic E-state index is 11.4. The highest BCUT2D eigenvalue weighted by Gasteiger charge is 2.48. The molecule has 1 aromatic rings. The van der Waals surface area contributed by atoms with E-state index in [0.717, 1.165) is 37.9 Å². The highest BCUT2D eigenvalue weighted by atomic mass is 16.5. The molecule has 1 spiro atoms. The molecule has 3 rings (SSSR count). The first-order valence-corrected chi connectivity index (χ1v) is 8.10. The lowest BCUT2D eigenvalue weighted by Gasteiger charge is -2.51. The van der Waals surface area contributed by atoms with Crippen LogP contribution in [0.5, 0.6) is 0 Å². The van der Waals surface area contributed by atoms with Gasteiger partial charge >= 0.3 is 0 Å². The van der Waals surface area contributed by atoms with Crippen LogP contribution < -0.4 is 0 Å². The summed E-state index contributed by atoms with van der Waals surface area (Å²) in [6.07, 6.45) is 7.50. The van der Waals surface area contributed by atoms with Crippen LogP contribution in [0.25, 0.3) is 0 Å². The van der Waals surface area contributed by atoms with Crippen LogP contribution in [-0.2, 0) is 10.3 Å². The second-order valence-electron chi connectivity index (χ2n) is 6.62. The molecule has 2 aliphatic rings. The molecule has 2 nitrogen and oxygen atoms in total. The first-order valence-electron chi connectivity index (χ1n) is 8.10. The summed E-state index contributed by atoms with van der Waals surface area (Å²) >= 11 is 0. The summed E-state index contributed by atoms with van der Waals surface area (Å²) in [4.78, 5) is 0. The molecule has 2 unspecified atom stereocenters. The van der Waals surface area contributed by atoms with Crippen LogP contribution in [0.1, 0.15) is 57.4 Å². The van der Waals surface area contributed by atoms with E-state index in [0.29, 0.717) is 5.92 Å². The molecule has 2 atom stereocenters. The molecule has 2 heteroatoms. The van der Waals surface area contributed by atoms with Gasteiger partial charge in [0.1, 0.15) is 0 Å². The number of hydrogen-bond acceptors (Lipinski definition) is 2. The quantitative estimate of drug-likeness (QED) is 0.898. The van der Waals surface area contributed by atoms with Gasteiger partial charge < -0.3 is 9.84 Å². The fourth-order valence-electron chi connectivity index (χ4n) is 4.05. The Morgan fingerprint density at radius 2 is 2.05 bits per heavy atom. The summed E-state index contributed by atoms with van der Waals surface area (Å²) in [6.45, 7) is 2.97. The van der Waals surface area contributed by atoms with Crippen molar-refractivity contribution < 1.29 is 9.84 Å². The largest absolute Gasteiger partial charge is 0.385 e. The second kappa shape index (κ2) is 5.50. The molecular weight excluding hydrogens is 248 g/mol. The van der Waals surface area contributed by atoms with E-state index in [2.05, 4.69) is 19.1 Å². The maximum absolute atomic E-state index is 11.4. The van der Waals surface area contributed by atoms with Crippen molar-refractivity contribution in [3.8, 4) is 0 Å². The smallest absolute Gasteiger partial charge is 0.0926 e. The van der Waals surface area contributed by atoms with Gasteiger partial charge in [0.2, 0.25) is 0 Å². The van der Waals surface area contributed by atoms with Crippen LogP contribution >= 0.6 is 0 Å². The molecular formula is C18H26O2. The zero-order valence-corrected chi connectivity index (χ0v) is 12.5. The average molecular weight is 274 g/mol. The Kier molecular flexibility index (Phi) is 3.87. The topological polar surface area (TPSA) is 29.5 Å². The molecule has 1 N–H and O–H groups in total. The number of aliphatic hydroxyl groups is 1. The van der Waals surface area contributed by atoms with Crippen LogP contribution in [0.15, 0.2) is 30.3 Å². The third-order valence-corrected chi connectivity index (χ3v) is 5.34. The van der Waals surface area contributed by atoms with E-state index in [1.54, 1.807) is 0 Å².